The van der Waals surface area contributed by atoms with Gasteiger partial charge in [-0.3, -0.25) is 4.79 Å². The summed E-state index contributed by atoms with van der Waals surface area (Å²) in [7, 11) is 0. The predicted octanol–water partition coefficient (Wildman–Crippen LogP) is 2.67. The molecule has 1 saturated heterocycles. The molecule has 2 heterocycles. The zero-order valence-electron chi connectivity index (χ0n) is 14.2. The zero-order valence-corrected chi connectivity index (χ0v) is 15.0. The van der Waals surface area contributed by atoms with Crippen molar-refractivity contribution in [3.05, 3.63) is 40.4 Å². The van der Waals surface area contributed by atoms with Crippen LogP contribution < -0.4 is 16.0 Å². The molecule has 1 aromatic heterocycles. The Balaban J connectivity index is 1.50. The Labute approximate surface area is 146 Å². The first kappa shape index (κ1) is 16.8. The number of hydrogen-bond acceptors (Lipinski definition) is 5. The summed E-state index contributed by atoms with van der Waals surface area (Å²) >= 11 is 1.40. The molecular formula is C18H24N4OS. The molecule has 1 aromatic carbocycles. The highest BCUT2D eigenvalue weighted by Crippen LogP contribution is 2.22. The van der Waals surface area contributed by atoms with Gasteiger partial charge in [0.15, 0.2) is 5.13 Å². The first-order valence-corrected chi connectivity index (χ1v) is 9.15. The first-order valence-electron chi connectivity index (χ1n) is 8.34. The summed E-state index contributed by atoms with van der Waals surface area (Å²) in [5.74, 6) is 0.0655. The highest BCUT2D eigenvalue weighted by atomic mass is 32.1. The number of benzene rings is 1. The van der Waals surface area contributed by atoms with Crippen molar-refractivity contribution in [2.75, 3.05) is 23.7 Å². The zero-order chi connectivity index (χ0) is 17.1. The highest BCUT2D eigenvalue weighted by Gasteiger charge is 2.21. The summed E-state index contributed by atoms with van der Waals surface area (Å²) in [6.07, 6.45) is 2.33. The maximum Gasteiger partial charge on any atom is 0.225 e. The maximum atomic E-state index is 12.3. The quantitative estimate of drug-likeness (QED) is 0.894. The number of hydrogen-bond donors (Lipinski definition) is 2. The summed E-state index contributed by atoms with van der Waals surface area (Å²) in [5, 5.41) is 3.69. The molecule has 24 heavy (non-hydrogen) atoms. The lowest BCUT2D eigenvalue weighted by Crippen LogP contribution is -2.45. The second kappa shape index (κ2) is 7.21. The lowest BCUT2D eigenvalue weighted by molar-refractivity contribution is -0.121. The summed E-state index contributed by atoms with van der Waals surface area (Å²) in [4.78, 5) is 19.8. The molecule has 1 aliphatic rings. The van der Waals surface area contributed by atoms with Gasteiger partial charge in [-0.05, 0) is 44.4 Å². The first-order chi connectivity index (χ1) is 11.5. The SMILES string of the molecule is Cc1cccc(N2CCC(NC(=O)Cc3sc(N)nc3C)CC2)c1. The second-order valence-corrected chi connectivity index (χ2v) is 7.52. The molecule has 0 spiro atoms. The van der Waals surface area contributed by atoms with Gasteiger partial charge in [-0.2, -0.15) is 0 Å². The van der Waals surface area contributed by atoms with Gasteiger partial charge in [0.1, 0.15) is 0 Å². The van der Waals surface area contributed by atoms with Crippen molar-refractivity contribution in [2.24, 2.45) is 0 Å². The molecule has 5 nitrogen and oxygen atoms in total. The number of nitrogens with two attached hydrogens (primary N) is 1. The summed E-state index contributed by atoms with van der Waals surface area (Å²) in [5.41, 5.74) is 9.11. The van der Waals surface area contributed by atoms with E-state index in [2.05, 4.69) is 46.4 Å². The lowest BCUT2D eigenvalue weighted by atomic mass is 10.0. The number of nitrogens with zero attached hydrogens (tertiary/aromatic N) is 2. The number of rotatable bonds is 4. The van der Waals surface area contributed by atoms with E-state index >= 15 is 0 Å². The van der Waals surface area contributed by atoms with Gasteiger partial charge in [0.2, 0.25) is 5.91 Å². The number of nitrogen functional groups attached to an aromatic ring is 1. The number of aromatic nitrogens is 1. The molecule has 0 aliphatic carbocycles. The standard InChI is InChI=1S/C18H24N4OS/c1-12-4-3-5-15(10-12)22-8-6-14(7-9-22)21-17(23)11-16-13(2)20-18(19)24-16/h3-5,10,14H,6-9,11H2,1-2H3,(H2,19,20)(H,21,23). The smallest absolute Gasteiger partial charge is 0.225 e. The van der Waals surface area contributed by atoms with Gasteiger partial charge in [0, 0.05) is 29.7 Å². The van der Waals surface area contributed by atoms with Gasteiger partial charge < -0.3 is 16.0 Å². The third-order valence-corrected chi connectivity index (χ3v) is 5.44. The Morgan fingerprint density at radius 3 is 2.75 bits per heavy atom. The van der Waals surface area contributed by atoms with E-state index in [1.54, 1.807) is 0 Å². The fourth-order valence-electron chi connectivity index (χ4n) is 3.15. The number of piperidine rings is 1. The molecule has 3 N–H and O–H groups in total. The number of amides is 1. The van der Waals surface area contributed by atoms with Crippen LogP contribution in [-0.2, 0) is 11.2 Å². The molecular weight excluding hydrogens is 320 g/mol. The molecule has 0 bridgehead atoms. The number of nitrogens with one attached hydrogen (secondary N) is 1. The molecule has 0 unspecified atom stereocenters. The Kier molecular flexibility index (Phi) is 5.04. The minimum atomic E-state index is 0.0655. The molecule has 3 rings (SSSR count). The Bertz CT molecular complexity index is 720. The summed E-state index contributed by atoms with van der Waals surface area (Å²) in [6, 6.07) is 8.84. The van der Waals surface area contributed by atoms with Gasteiger partial charge >= 0.3 is 0 Å². The van der Waals surface area contributed by atoms with Crippen molar-refractivity contribution in [1.29, 1.82) is 0 Å². The number of carbonyl (C=O) groups is 1. The van der Waals surface area contributed by atoms with E-state index in [9.17, 15) is 4.79 Å². The van der Waals surface area contributed by atoms with Crippen LogP contribution in [-0.4, -0.2) is 30.0 Å². The van der Waals surface area contributed by atoms with Crippen molar-refractivity contribution in [1.82, 2.24) is 10.3 Å². The number of thiazole rings is 1. The summed E-state index contributed by atoms with van der Waals surface area (Å²) in [6.45, 7) is 5.96. The van der Waals surface area contributed by atoms with Crippen molar-refractivity contribution in [3.63, 3.8) is 0 Å². The minimum absolute atomic E-state index is 0.0655. The van der Waals surface area contributed by atoms with Gasteiger partial charge in [-0.1, -0.05) is 12.1 Å². The van der Waals surface area contributed by atoms with Crippen LogP contribution >= 0.6 is 11.3 Å². The number of anilines is 2. The van der Waals surface area contributed by atoms with Crippen LogP contribution in [0.3, 0.4) is 0 Å². The average molecular weight is 344 g/mol. The fourth-order valence-corrected chi connectivity index (χ4v) is 3.98. The monoisotopic (exact) mass is 344 g/mol. The van der Waals surface area contributed by atoms with E-state index in [-0.39, 0.29) is 11.9 Å². The van der Waals surface area contributed by atoms with Crippen LogP contribution in [0, 0.1) is 13.8 Å². The van der Waals surface area contributed by atoms with Crippen LogP contribution in [0.4, 0.5) is 10.8 Å². The molecule has 128 valence electrons. The third kappa shape index (κ3) is 4.06. The molecule has 2 aromatic rings. The minimum Gasteiger partial charge on any atom is -0.375 e. The summed E-state index contributed by atoms with van der Waals surface area (Å²) < 4.78 is 0. The predicted molar refractivity (Wildman–Crippen MR) is 99.5 cm³/mol. The average Bonchev–Trinajstić information content (AvgIpc) is 2.85. The molecule has 0 atom stereocenters. The third-order valence-electron chi connectivity index (χ3n) is 4.46. The fraction of sp³-hybridized carbons (Fsp3) is 0.444. The molecule has 1 fully saturated rings. The van der Waals surface area contributed by atoms with E-state index < -0.39 is 0 Å². The van der Waals surface area contributed by atoms with Crippen LogP contribution in [0.5, 0.6) is 0 Å². The van der Waals surface area contributed by atoms with Crippen molar-refractivity contribution < 1.29 is 4.79 Å². The largest absolute Gasteiger partial charge is 0.375 e. The van der Waals surface area contributed by atoms with E-state index in [1.807, 2.05) is 6.92 Å². The molecule has 6 heteroatoms. The Morgan fingerprint density at radius 1 is 1.38 bits per heavy atom. The van der Waals surface area contributed by atoms with Crippen LogP contribution in [0.2, 0.25) is 0 Å². The van der Waals surface area contributed by atoms with Gasteiger partial charge in [0.05, 0.1) is 12.1 Å². The Hall–Kier alpha value is -2.08. The Morgan fingerprint density at radius 2 is 2.12 bits per heavy atom. The van der Waals surface area contributed by atoms with Crippen LogP contribution in [0.1, 0.15) is 29.0 Å². The van der Waals surface area contributed by atoms with Gasteiger partial charge in [0.25, 0.3) is 0 Å². The molecule has 0 radical (unpaired) electrons. The van der Waals surface area contributed by atoms with Crippen LogP contribution in [0.25, 0.3) is 0 Å². The number of aryl methyl sites for hydroxylation is 2. The van der Waals surface area contributed by atoms with Crippen molar-refractivity contribution >= 4 is 28.1 Å². The van der Waals surface area contributed by atoms with Crippen LogP contribution in [0.15, 0.2) is 24.3 Å². The second-order valence-electron chi connectivity index (χ2n) is 6.41. The lowest BCUT2D eigenvalue weighted by Gasteiger charge is -2.34. The van der Waals surface area contributed by atoms with Crippen molar-refractivity contribution in [3.8, 4) is 0 Å². The maximum absolute atomic E-state index is 12.3. The van der Waals surface area contributed by atoms with Gasteiger partial charge in [-0.25, -0.2) is 4.98 Å². The van der Waals surface area contributed by atoms with E-state index in [0.29, 0.717) is 11.6 Å². The van der Waals surface area contributed by atoms with E-state index in [4.69, 9.17) is 5.73 Å². The van der Waals surface area contributed by atoms with E-state index in [0.717, 1.165) is 36.5 Å². The highest BCUT2D eigenvalue weighted by molar-refractivity contribution is 7.15. The molecule has 0 saturated carbocycles. The van der Waals surface area contributed by atoms with E-state index in [1.165, 1.54) is 22.6 Å². The topological polar surface area (TPSA) is 71.2 Å². The number of carbonyl (C=O) groups excluding carboxylic acids is 1. The van der Waals surface area contributed by atoms with Gasteiger partial charge in [-0.15, -0.1) is 11.3 Å². The molecule has 1 aliphatic heterocycles. The molecule has 1 amide bonds. The normalized spacial score (nSPS) is 15.5. The van der Waals surface area contributed by atoms with Crippen molar-refractivity contribution in [2.45, 2.75) is 39.2 Å².